The van der Waals surface area contributed by atoms with E-state index in [0.29, 0.717) is 45.4 Å². The normalized spacial score (nSPS) is 19.0. The zero-order valence-electron chi connectivity index (χ0n) is 25.5. The Morgan fingerprint density at radius 3 is 2.24 bits per heavy atom. The molecule has 41 heavy (non-hydrogen) atoms. The van der Waals surface area contributed by atoms with E-state index in [9.17, 15) is 9.59 Å². The molecular formula is C32H48O9. The van der Waals surface area contributed by atoms with Crippen LogP contribution in [0.4, 0.5) is 0 Å². The number of aryl methyl sites for hydroxylation is 1. The van der Waals surface area contributed by atoms with Gasteiger partial charge < -0.3 is 33.2 Å². The molecular weight excluding hydrogens is 528 g/mol. The summed E-state index contributed by atoms with van der Waals surface area (Å²) in [6, 6.07) is 3.97. The quantitative estimate of drug-likeness (QED) is 0.0817. The number of ether oxygens (including phenoxy) is 7. The van der Waals surface area contributed by atoms with Crippen molar-refractivity contribution in [2.75, 3.05) is 60.0 Å². The number of benzene rings is 1. The van der Waals surface area contributed by atoms with Crippen molar-refractivity contribution in [2.24, 2.45) is 5.92 Å². The first kappa shape index (κ1) is 33.0. The number of carbonyl (C=O) groups excluding carboxylic acids is 2. The molecule has 1 aliphatic heterocycles. The summed E-state index contributed by atoms with van der Waals surface area (Å²) in [7, 11) is 1.62. The van der Waals surface area contributed by atoms with Crippen LogP contribution in [0.25, 0.3) is 0 Å². The Balaban J connectivity index is 1.56. The van der Waals surface area contributed by atoms with E-state index in [4.69, 9.17) is 33.2 Å². The smallest absolute Gasteiger partial charge is 0.422 e. The molecule has 0 spiro atoms. The molecule has 0 fully saturated rings. The second-order valence-electron chi connectivity index (χ2n) is 11.2. The lowest BCUT2D eigenvalue weighted by atomic mass is 9.68. The predicted octanol–water partition coefficient (Wildman–Crippen LogP) is 5.18. The van der Waals surface area contributed by atoms with E-state index in [0.717, 1.165) is 55.4 Å². The van der Waals surface area contributed by atoms with Crippen LogP contribution in [0.5, 0.6) is 11.5 Å². The van der Waals surface area contributed by atoms with Gasteiger partial charge in [-0.1, -0.05) is 31.4 Å². The Morgan fingerprint density at radius 1 is 0.927 bits per heavy atom. The monoisotopic (exact) mass is 576 g/mol. The van der Waals surface area contributed by atoms with E-state index >= 15 is 0 Å². The van der Waals surface area contributed by atoms with Crippen molar-refractivity contribution in [3.63, 3.8) is 0 Å². The number of rotatable bonds is 17. The Bertz CT molecular complexity index is 1020. The van der Waals surface area contributed by atoms with Crippen LogP contribution in [-0.4, -0.2) is 77.5 Å². The van der Waals surface area contributed by atoms with Crippen molar-refractivity contribution in [1.82, 2.24) is 0 Å². The summed E-state index contributed by atoms with van der Waals surface area (Å²) in [4.78, 5) is 25.3. The Labute approximate surface area is 244 Å². The lowest BCUT2D eigenvalue weighted by molar-refractivity contribution is -0.163. The first-order valence-corrected chi connectivity index (χ1v) is 14.9. The summed E-state index contributed by atoms with van der Waals surface area (Å²) in [5.41, 5.74) is 2.80. The number of carbonyl (C=O) groups is 2. The molecule has 0 amide bonds. The van der Waals surface area contributed by atoms with E-state index in [1.54, 1.807) is 7.11 Å². The third kappa shape index (κ3) is 10.1. The summed E-state index contributed by atoms with van der Waals surface area (Å²) in [5, 5.41) is 0. The zero-order chi connectivity index (χ0) is 29.7. The average Bonchev–Trinajstić information content (AvgIpc) is 2.93. The van der Waals surface area contributed by atoms with Gasteiger partial charge in [0, 0.05) is 24.5 Å². The number of hydrogen-bond acceptors (Lipinski definition) is 9. The molecule has 0 bridgehead atoms. The molecule has 0 radical (unpaired) electrons. The average molecular weight is 577 g/mol. The molecule has 0 aromatic heterocycles. The molecule has 0 saturated heterocycles. The van der Waals surface area contributed by atoms with Gasteiger partial charge in [0.1, 0.15) is 23.7 Å². The van der Waals surface area contributed by atoms with Gasteiger partial charge in [-0.25, -0.2) is 9.59 Å². The van der Waals surface area contributed by atoms with Gasteiger partial charge in [-0.2, -0.15) is 0 Å². The molecule has 1 heterocycles. The molecule has 2 atom stereocenters. The maximum Gasteiger partial charge on any atom is 0.422 e. The van der Waals surface area contributed by atoms with Gasteiger partial charge in [-0.15, -0.1) is 0 Å². The van der Waals surface area contributed by atoms with Crippen molar-refractivity contribution in [2.45, 2.75) is 77.7 Å². The van der Waals surface area contributed by atoms with Gasteiger partial charge in [-0.3, -0.25) is 0 Å². The molecule has 1 aromatic carbocycles. The highest BCUT2D eigenvalue weighted by Crippen LogP contribution is 2.53. The molecule has 0 saturated carbocycles. The fraction of sp³-hybridized carbons (Fsp3) is 0.688. The summed E-state index contributed by atoms with van der Waals surface area (Å²) in [6.45, 7) is 11.4. The highest BCUT2D eigenvalue weighted by Gasteiger charge is 2.45. The molecule has 230 valence electrons. The minimum absolute atomic E-state index is 0.0403. The summed E-state index contributed by atoms with van der Waals surface area (Å²) in [6.07, 6.45) is 8.33. The fourth-order valence-corrected chi connectivity index (χ4v) is 5.45. The van der Waals surface area contributed by atoms with Gasteiger partial charge in [0.15, 0.2) is 0 Å². The molecule has 1 aliphatic carbocycles. The number of fused-ring (bicyclic) bond motifs is 3. The Hall–Kier alpha value is -2.46. The van der Waals surface area contributed by atoms with E-state index in [1.165, 1.54) is 5.57 Å². The Morgan fingerprint density at radius 2 is 1.59 bits per heavy atom. The first-order valence-electron chi connectivity index (χ1n) is 14.9. The number of hydrogen-bond donors (Lipinski definition) is 0. The van der Waals surface area contributed by atoms with Gasteiger partial charge >= 0.3 is 11.9 Å². The van der Waals surface area contributed by atoms with Gasteiger partial charge in [0.25, 0.3) is 0 Å². The van der Waals surface area contributed by atoms with Crippen LogP contribution in [0, 0.1) is 5.92 Å². The second-order valence-corrected chi connectivity index (χ2v) is 11.2. The van der Waals surface area contributed by atoms with Gasteiger partial charge in [0.05, 0.1) is 46.2 Å². The standard InChI is InChI=1S/C32H48O9/c1-6-7-8-9-24-21-27(29-25-20-23(2)10-11-26(25)32(3,4)41-28(29)22-24)40-31(34)30(33)39-19-18-38-17-16-37-15-14-36-13-12-35-5/h20-22,25-26H,6-19H2,1-5H3/t25-,26-/m1/s1. The van der Waals surface area contributed by atoms with E-state index < -0.39 is 11.9 Å². The van der Waals surface area contributed by atoms with E-state index in [1.807, 2.05) is 6.07 Å². The summed E-state index contributed by atoms with van der Waals surface area (Å²) in [5.74, 6) is -0.715. The molecule has 0 unspecified atom stereocenters. The number of methoxy groups -OCH3 is 1. The molecule has 1 aromatic rings. The van der Waals surface area contributed by atoms with Crippen molar-refractivity contribution in [1.29, 1.82) is 0 Å². The predicted molar refractivity (Wildman–Crippen MR) is 155 cm³/mol. The number of allylic oxidation sites excluding steroid dienone is 2. The van der Waals surface area contributed by atoms with Crippen LogP contribution in [0.15, 0.2) is 23.8 Å². The van der Waals surface area contributed by atoms with Gasteiger partial charge in [-0.05, 0) is 64.2 Å². The lowest BCUT2D eigenvalue weighted by Crippen LogP contribution is -2.45. The zero-order valence-corrected chi connectivity index (χ0v) is 25.5. The SMILES string of the molecule is CCCCCc1cc(OC(=O)C(=O)OCCOCCOCCOCCOC)c2c(c1)OC(C)(C)[C@@H]1CCC(C)=C[C@@H]21. The van der Waals surface area contributed by atoms with Crippen molar-refractivity contribution >= 4 is 11.9 Å². The minimum Gasteiger partial charge on any atom is -0.487 e. The maximum atomic E-state index is 12.8. The summed E-state index contributed by atoms with van der Waals surface area (Å²) < 4.78 is 38.4. The summed E-state index contributed by atoms with van der Waals surface area (Å²) >= 11 is 0. The van der Waals surface area contributed by atoms with Crippen LogP contribution < -0.4 is 9.47 Å². The van der Waals surface area contributed by atoms with E-state index in [2.05, 4.69) is 39.8 Å². The first-order chi connectivity index (χ1) is 19.8. The number of unbranched alkanes of at least 4 members (excludes halogenated alkanes) is 2. The van der Waals surface area contributed by atoms with Crippen molar-refractivity contribution in [3.8, 4) is 11.5 Å². The minimum atomic E-state index is -1.05. The van der Waals surface area contributed by atoms with Crippen molar-refractivity contribution < 1.29 is 42.7 Å². The third-order valence-electron chi connectivity index (χ3n) is 7.59. The van der Waals surface area contributed by atoms with Gasteiger partial charge in [0.2, 0.25) is 0 Å². The van der Waals surface area contributed by atoms with Crippen LogP contribution in [0.3, 0.4) is 0 Å². The van der Waals surface area contributed by atoms with Crippen LogP contribution in [0.2, 0.25) is 0 Å². The number of esters is 2. The van der Waals surface area contributed by atoms with Crippen LogP contribution in [-0.2, 0) is 39.7 Å². The third-order valence-corrected chi connectivity index (χ3v) is 7.59. The van der Waals surface area contributed by atoms with Crippen LogP contribution >= 0.6 is 0 Å². The fourth-order valence-electron chi connectivity index (χ4n) is 5.45. The largest absolute Gasteiger partial charge is 0.487 e. The Kier molecular flexibility index (Phi) is 13.6. The molecule has 3 rings (SSSR count). The second kappa shape index (κ2) is 16.9. The molecule has 2 aliphatic rings. The maximum absolute atomic E-state index is 12.8. The molecule has 0 N–H and O–H groups in total. The van der Waals surface area contributed by atoms with E-state index in [-0.39, 0.29) is 30.7 Å². The van der Waals surface area contributed by atoms with Crippen molar-refractivity contribution in [3.05, 3.63) is 34.9 Å². The highest BCUT2D eigenvalue weighted by atomic mass is 16.6. The topological polar surface area (TPSA) is 98.8 Å². The molecule has 9 nitrogen and oxygen atoms in total. The highest BCUT2D eigenvalue weighted by molar-refractivity contribution is 6.30. The molecule has 9 heteroatoms. The van der Waals surface area contributed by atoms with Crippen LogP contribution in [0.1, 0.15) is 76.8 Å². The lowest BCUT2D eigenvalue weighted by Gasteiger charge is -2.46.